The maximum atomic E-state index is 12.0. The van der Waals surface area contributed by atoms with Gasteiger partial charge in [-0.3, -0.25) is 4.79 Å². The van der Waals surface area contributed by atoms with Crippen LogP contribution in [0.15, 0.2) is 41.3 Å². The number of rotatable bonds is 4. The molecule has 2 aromatic heterocycles. The quantitative estimate of drug-likeness (QED) is 0.708. The summed E-state index contributed by atoms with van der Waals surface area (Å²) in [5.41, 5.74) is 4.64. The Bertz CT molecular complexity index is 1100. The van der Waals surface area contributed by atoms with Gasteiger partial charge < -0.3 is 14.6 Å². The van der Waals surface area contributed by atoms with Crippen LogP contribution in [0.4, 0.5) is 5.82 Å². The molecule has 30 heavy (non-hydrogen) atoms. The van der Waals surface area contributed by atoms with Gasteiger partial charge in [-0.05, 0) is 63.1 Å². The van der Waals surface area contributed by atoms with Crippen LogP contribution in [-0.2, 0) is 0 Å². The first-order chi connectivity index (χ1) is 14.4. The number of hydrogen-bond acceptors (Lipinski definition) is 5. The number of piperidine rings is 1. The number of H-pyrrole nitrogens is 1. The summed E-state index contributed by atoms with van der Waals surface area (Å²) in [4.78, 5) is 26.2. The molecule has 4 rings (SSSR count). The van der Waals surface area contributed by atoms with Gasteiger partial charge in [0, 0.05) is 48.9 Å². The number of benzene rings is 1. The van der Waals surface area contributed by atoms with Crippen LogP contribution in [0.3, 0.4) is 0 Å². The Labute approximate surface area is 177 Å². The van der Waals surface area contributed by atoms with Gasteiger partial charge in [0.05, 0.1) is 0 Å². The minimum Gasteiger partial charge on any atom is -0.490 e. The first kappa shape index (κ1) is 20.1. The fourth-order valence-corrected chi connectivity index (χ4v) is 3.68. The molecule has 0 bridgehead atoms. The van der Waals surface area contributed by atoms with Crippen molar-refractivity contribution in [2.75, 3.05) is 18.0 Å². The molecule has 156 valence electrons. The minimum absolute atomic E-state index is 0.104. The SMILES string of the molecule is Cc1ccc(OC2CCN(c3ccc(-c4nc(C)c(C)c(=O)[nH]4)cn3)CC2)cc1C. The van der Waals surface area contributed by atoms with Gasteiger partial charge in [0.25, 0.3) is 5.56 Å². The van der Waals surface area contributed by atoms with Gasteiger partial charge in [0.15, 0.2) is 0 Å². The van der Waals surface area contributed by atoms with Gasteiger partial charge in [-0.2, -0.15) is 0 Å². The lowest BCUT2D eigenvalue weighted by Crippen LogP contribution is -2.38. The third-order valence-corrected chi connectivity index (χ3v) is 5.96. The Kier molecular flexibility index (Phi) is 5.57. The molecule has 0 spiro atoms. The number of aromatic nitrogens is 3. The summed E-state index contributed by atoms with van der Waals surface area (Å²) in [5, 5.41) is 0. The van der Waals surface area contributed by atoms with Crippen LogP contribution in [0, 0.1) is 27.7 Å². The molecule has 0 saturated carbocycles. The van der Waals surface area contributed by atoms with Gasteiger partial charge in [-0.1, -0.05) is 6.07 Å². The topological polar surface area (TPSA) is 71.1 Å². The van der Waals surface area contributed by atoms with Crippen molar-refractivity contribution in [1.29, 1.82) is 0 Å². The minimum atomic E-state index is -0.104. The Morgan fingerprint density at radius 2 is 1.80 bits per heavy atom. The van der Waals surface area contributed by atoms with Gasteiger partial charge in [0.2, 0.25) is 0 Å². The molecule has 1 N–H and O–H groups in total. The van der Waals surface area contributed by atoms with Crippen LogP contribution in [0.25, 0.3) is 11.4 Å². The van der Waals surface area contributed by atoms with E-state index >= 15 is 0 Å². The van der Waals surface area contributed by atoms with Gasteiger partial charge >= 0.3 is 0 Å². The van der Waals surface area contributed by atoms with E-state index < -0.39 is 0 Å². The standard InChI is InChI=1S/C24H28N4O2/c1-15-5-7-21(13-16(15)2)30-20-9-11-28(12-10-20)22-8-6-19(14-25-22)23-26-18(4)17(3)24(29)27-23/h5-8,13-14,20H,9-12H2,1-4H3,(H,26,27,29). The molecule has 1 fully saturated rings. The molecule has 0 unspecified atom stereocenters. The van der Waals surface area contributed by atoms with E-state index in [1.165, 1.54) is 11.1 Å². The summed E-state index contributed by atoms with van der Waals surface area (Å²) in [7, 11) is 0. The maximum absolute atomic E-state index is 12.0. The second-order valence-electron chi connectivity index (χ2n) is 8.08. The first-order valence-corrected chi connectivity index (χ1v) is 10.4. The normalized spacial score (nSPS) is 14.7. The van der Waals surface area contributed by atoms with E-state index in [1.807, 2.05) is 19.1 Å². The van der Waals surface area contributed by atoms with Crippen LogP contribution in [0.2, 0.25) is 0 Å². The highest BCUT2D eigenvalue weighted by Crippen LogP contribution is 2.24. The lowest BCUT2D eigenvalue weighted by molar-refractivity contribution is 0.170. The number of pyridine rings is 1. The van der Waals surface area contributed by atoms with Gasteiger partial charge in [-0.15, -0.1) is 0 Å². The molecule has 0 aliphatic carbocycles. The summed E-state index contributed by atoms with van der Waals surface area (Å²) in [5.74, 6) is 2.45. The highest BCUT2D eigenvalue weighted by atomic mass is 16.5. The van der Waals surface area contributed by atoms with Crippen LogP contribution in [-0.4, -0.2) is 34.1 Å². The third-order valence-electron chi connectivity index (χ3n) is 5.96. The summed E-state index contributed by atoms with van der Waals surface area (Å²) in [6.45, 7) is 9.66. The van der Waals surface area contributed by atoms with E-state index in [0.29, 0.717) is 11.4 Å². The molecular formula is C24H28N4O2. The summed E-state index contributed by atoms with van der Waals surface area (Å²) in [6.07, 6.45) is 3.93. The third kappa shape index (κ3) is 4.22. The van der Waals surface area contributed by atoms with Crippen molar-refractivity contribution in [1.82, 2.24) is 15.0 Å². The van der Waals surface area contributed by atoms with Gasteiger partial charge in [-0.25, -0.2) is 9.97 Å². The Hall–Kier alpha value is -3.15. The van der Waals surface area contributed by atoms with Crippen LogP contribution < -0.4 is 15.2 Å². The maximum Gasteiger partial charge on any atom is 0.254 e. The smallest absolute Gasteiger partial charge is 0.254 e. The molecule has 6 nitrogen and oxygen atoms in total. The zero-order valence-corrected chi connectivity index (χ0v) is 18.0. The molecule has 0 amide bonds. The fraction of sp³-hybridized carbons (Fsp3) is 0.375. The average molecular weight is 405 g/mol. The molecular weight excluding hydrogens is 376 g/mol. The number of aromatic amines is 1. The summed E-state index contributed by atoms with van der Waals surface area (Å²) >= 11 is 0. The molecule has 0 atom stereocenters. The lowest BCUT2D eigenvalue weighted by atomic mass is 10.1. The second kappa shape index (κ2) is 8.30. The van der Waals surface area contributed by atoms with Crippen LogP contribution in [0.5, 0.6) is 5.75 Å². The monoisotopic (exact) mass is 404 g/mol. The van der Waals surface area contributed by atoms with E-state index in [0.717, 1.165) is 48.8 Å². The van der Waals surface area contributed by atoms with Crippen molar-refractivity contribution < 1.29 is 4.74 Å². The Morgan fingerprint density at radius 1 is 1.03 bits per heavy atom. The van der Waals surface area contributed by atoms with Crippen LogP contribution in [0.1, 0.15) is 35.2 Å². The summed E-state index contributed by atoms with van der Waals surface area (Å²) in [6, 6.07) is 10.2. The molecule has 3 heterocycles. The number of nitrogens with zero attached hydrogens (tertiary/aromatic N) is 3. The highest BCUT2D eigenvalue weighted by molar-refractivity contribution is 5.56. The van der Waals surface area contributed by atoms with E-state index in [2.05, 4.69) is 51.9 Å². The lowest BCUT2D eigenvalue weighted by Gasteiger charge is -2.33. The van der Waals surface area contributed by atoms with Crippen molar-refractivity contribution in [2.45, 2.75) is 46.6 Å². The highest BCUT2D eigenvalue weighted by Gasteiger charge is 2.21. The Morgan fingerprint density at radius 3 is 2.43 bits per heavy atom. The van der Waals surface area contributed by atoms with E-state index in [1.54, 1.807) is 13.1 Å². The predicted octanol–water partition coefficient (Wildman–Crippen LogP) is 4.11. The van der Waals surface area contributed by atoms with E-state index in [9.17, 15) is 4.79 Å². The molecule has 1 aliphatic heterocycles. The molecule has 3 aromatic rings. The van der Waals surface area contributed by atoms with Crippen molar-refractivity contribution >= 4 is 5.82 Å². The predicted molar refractivity (Wildman–Crippen MR) is 119 cm³/mol. The van der Waals surface area contributed by atoms with Crippen molar-refractivity contribution in [2.24, 2.45) is 0 Å². The van der Waals surface area contributed by atoms with Gasteiger partial charge in [0.1, 0.15) is 23.5 Å². The number of anilines is 1. The number of aryl methyl sites for hydroxylation is 3. The second-order valence-corrected chi connectivity index (χ2v) is 8.08. The molecule has 1 saturated heterocycles. The van der Waals surface area contributed by atoms with Crippen LogP contribution >= 0.6 is 0 Å². The van der Waals surface area contributed by atoms with Crippen molar-refractivity contribution in [3.63, 3.8) is 0 Å². The fourth-order valence-electron chi connectivity index (χ4n) is 3.68. The van der Waals surface area contributed by atoms with E-state index in [4.69, 9.17) is 4.74 Å². The first-order valence-electron chi connectivity index (χ1n) is 10.4. The van der Waals surface area contributed by atoms with Crippen molar-refractivity contribution in [3.05, 3.63) is 69.3 Å². The molecule has 0 radical (unpaired) electrons. The van der Waals surface area contributed by atoms with E-state index in [-0.39, 0.29) is 11.7 Å². The number of nitrogens with one attached hydrogen (secondary N) is 1. The zero-order valence-electron chi connectivity index (χ0n) is 18.0. The Balaban J connectivity index is 1.39. The molecule has 6 heteroatoms. The average Bonchev–Trinajstić information content (AvgIpc) is 2.75. The largest absolute Gasteiger partial charge is 0.490 e. The summed E-state index contributed by atoms with van der Waals surface area (Å²) < 4.78 is 6.20. The molecule has 1 aromatic carbocycles. The number of hydrogen-bond donors (Lipinski definition) is 1. The number of ether oxygens (including phenoxy) is 1. The zero-order chi connectivity index (χ0) is 21.3. The van der Waals surface area contributed by atoms with Crippen molar-refractivity contribution in [3.8, 4) is 17.1 Å². The molecule has 1 aliphatic rings.